The number of unbranched alkanes of at least 4 members (excludes halogenated alkanes) is 2. The van der Waals surface area contributed by atoms with Gasteiger partial charge in [0.1, 0.15) is 0 Å². The Balaban J connectivity index is 2.27. The second kappa shape index (κ2) is 9.35. The van der Waals surface area contributed by atoms with Crippen LogP contribution in [0.1, 0.15) is 58.8 Å². The third kappa shape index (κ3) is 5.80. The van der Waals surface area contributed by atoms with Crippen LogP contribution in [-0.2, 0) is 4.79 Å². The summed E-state index contributed by atoms with van der Waals surface area (Å²) in [5, 5.41) is 3.11. The molecule has 0 aromatic carbocycles. The highest BCUT2D eigenvalue weighted by Gasteiger charge is 2.30. The van der Waals surface area contributed by atoms with Crippen LogP contribution in [-0.4, -0.2) is 43.0 Å². The van der Waals surface area contributed by atoms with E-state index in [1.807, 2.05) is 0 Å². The lowest BCUT2D eigenvalue weighted by Gasteiger charge is -2.29. The van der Waals surface area contributed by atoms with Crippen molar-refractivity contribution < 1.29 is 4.79 Å². The van der Waals surface area contributed by atoms with Gasteiger partial charge in [0.2, 0.25) is 5.91 Å². The molecule has 1 aliphatic rings. The number of hydrogen-bond acceptors (Lipinski definition) is 3. The minimum absolute atomic E-state index is 0.152. The molecule has 0 heterocycles. The lowest BCUT2D eigenvalue weighted by Crippen LogP contribution is -2.45. The molecule has 0 spiro atoms. The van der Waals surface area contributed by atoms with Crippen LogP contribution in [0.4, 0.5) is 0 Å². The molecule has 0 radical (unpaired) electrons. The monoisotopic (exact) mass is 283 g/mol. The summed E-state index contributed by atoms with van der Waals surface area (Å²) in [7, 11) is 2.06. The summed E-state index contributed by atoms with van der Waals surface area (Å²) in [6.07, 6.45) is 8.39. The van der Waals surface area contributed by atoms with Crippen LogP contribution in [0, 0.1) is 5.92 Å². The number of hydrogen-bond donors (Lipinski definition) is 2. The molecule has 0 aliphatic heterocycles. The highest BCUT2D eigenvalue weighted by Crippen LogP contribution is 2.28. The van der Waals surface area contributed by atoms with Crippen LogP contribution in [0.2, 0.25) is 0 Å². The number of nitrogens with two attached hydrogens (primary N) is 1. The van der Waals surface area contributed by atoms with E-state index in [0.717, 1.165) is 13.0 Å². The largest absolute Gasteiger partial charge is 0.353 e. The maximum absolute atomic E-state index is 12.1. The first-order valence-electron chi connectivity index (χ1n) is 8.28. The average Bonchev–Trinajstić information content (AvgIpc) is 2.87. The molecular weight excluding hydrogens is 250 g/mol. The number of nitrogens with zero attached hydrogens (tertiary/aromatic N) is 1. The Labute approximate surface area is 124 Å². The van der Waals surface area contributed by atoms with Gasteiger partial charge < -0.3 is 11.1 Å². The molecular formula is C16H33N3O. The van der Waals surface area contributed by atoms with E-state index in [1.165, 1.54) is 38.5 Å². The zero-order chi connectivity index (χ0) is 15.0. The van der Waals surface area contributed by atoms with Crippen LogP contribution >= 0.6 is 0 Å². The Hall–Kier alpha value is -0.610. The summed E-state index contributed by atoms with van der Waals surface area (Å²) in [6, 6.07) is 0.775. The Bertz CT molecular complexity index is 283. The van der Waals surface area contributed by atoms with Gasteiger partial charge in [0, 0.05) is 12.1 Å². The smallest absolute Gasteiger partial charge is 0.234 e. The third-order valence-corrected chi connectivity index (χ3v) is 4.53. The standard InChI is InChI=1S/C16H33N3O/c1-4-5-6-8-13(2)18-16(20)12-19(3)15-10-7-9-14(15)11-17/h13-15H,4-12,17H2,1-3H3,(H,18,20). The molecule has 4 heteroatoms. The number of rotatable bonds is 9. The first kappa shape index (κ1) is 17.4. The van der Waals surface area contributed by atoms with Gasteiger partial charge in [0.25, 0.3) is 0 Å². The maximum Gasteiger partial charge on any atom is 0.234 e. The fraction of sp³-hybridized carbons (Fsp3) is 0.938. The molecule has 1 rings (SSSR count). The Morgan fingerprint density at radius 1 is 1.40 bits per heavy atom. The van der Waals surface area contributed by atoms with Gasteiger partial charge in [-0.25, -0.2) is 0 Å². The van der Waals surface area contributed by atoms with Crippen LogP contribution in [0.5, 0.6) is 0 Å². The van der Waals surface area contributed by atoms with Crippen LogP contribution in [0.3, 0.4) is 0 Å². The Morgan fingerprint density at radius 3 is 2.80 bits per heavy atom. The van der Waals surface area contributed by atoms with Gasteiger partial charge >= 0.3 is 0 Å². The van der Waals surface area contributed by atoms with Crippen molar-refractivity contribution in [2.75, 3.05) is 20.1 Å². The average molecular weight is 283 g/mol. The molecule has 1 aliphatic carbocycles. The van der Waals surface area contributed by atoms with Gasteiger partial charge in [-0.1, -0.05) is 32.6 Å². The highest BCUT2D eigenvalue weighted by atomic mass is 16.2. The molecule has 0 bridgehead atoms. The number of likely N-dealkylation sites (N-methyl/N-ethyl adjacent to an activating group) is 1. The van der Waals surface area contributed by atoms with Crippen molar-refractivity contribution in [2.45, 2.75) is 70.9 Å². The zero-order valence-corrected chi connectivity index (χ0v) is 13.5. The number of carbonyl (C=O) groups is 1. The first-order valence-corrected chi connectivity index (χ1v) is 8.28. The second-order valence-corrected chi connectivity index (χ2v) is 6.37. The molecule has 3 unspecified atom stereocenters. The normalized spacial score (nSPS) is 24.1. The predicted octanol–water partition coefficient (Wildman–Crippen LogP) is 2.13. The quantitative estimate of drug-likeness (QED) is 0.637. The predicted molar refractivity (Wildman–Crippen MR) is 84.6 cm³/mol. The summed E-state index contributed by atoms with van der Waals surface area (Å²) < 4.78 is 0. The number of carbonyl (C=O) groups excluding carboxylic acids is 1. The molecule has 20 heavy (non-hydrogen) atoms. The molecule has 3 N–H and O–H groups in total. The van der Waals surface area contributed by atoms with Gasteiger partial charge in [-0.05, 0) is 45.7 Å². The van der Waals surface area contributed by atoms with Crippen molar-refractivity contribution >= 4 is 5.91 Å². The fourth-order valence-electron chi connectivity index (χ4n) is 3.31. The Morgan fingerprint density at radius 2 is 2.15 bits per heavy atom. The zero-order valence-electron chi connectivity index (χ0n) is 13.5. The summed E-state index contributed by atoms with van der Waals surface area (Å²) in [6.45, 7) is 5.54. The van der Waals surface area contributed by atoms with Gasteiger partial charge in [-0.15, -0.1) is 0 Å². The van der Waals surface area contributed by atoms with Crippen molar-refractivity contribution in [1.29, 1.82) is 0 Å². The van der Waals surface area contributed by atoms with Gasteiger partial charge in [-0.2, -0.15) is 0 Å². The number of nitrogens with one attached hydrogen (secondary N) is 1. The van der Waals surface area contributed by atoms with Crippen molar-refractivity contribution in [3.63, 3.8) is 0 Å². The minimum Gasteiger partial charge on any atom is -0.353 e. The second-order valence-electron chi connectivity index (χ2n) is 6.37. The lowest BCUT2D eigenvalue weighted by molar-refractivity contribution is -0.123. The van der Waals surface area contributed by atoms with E-state index in [0.29, 0.717) is 18.5 Å². The van der Waals surface area contributed by atoms with E-state index < -0.39 is 0 Å². The molecule has 0 aromatic rings. The molecule has 0 aromatic heterocycles. The van der Waals surface area contributed by atoms with Crippen molar-refractivity contribution in [1.82, 2.24) is 10.2 Å². The van der Waals surface area contributed by atoms with E-state index in [2.05, 4.69) is 31.1 Å². The van der Waals surface area contributed by atoms with Crippen LogP contribution in [0.15, 0.2) is 0 Å². The van der Waals surface area contributed by atoms with E-state index in [4.69, 9.17) is 5.73 Å². The highest BCUT2D eigenvalue weighted by molar-refractivity contribution is 5.78. The molecule has 1 amide bonds. The third-order valence-electron chi connectivity index (χ3n) is 4.53. The van der Waals surface area contributed by atoms with E-state index in [1.54, 1.807) is 0 Å². The Kier molecular flexibility index (Phi) is 8.15. The summed E-state index contributed by atoms with van der Waals surface area (Å²) in [5.74, 6) is 0.717. The minimum atomic E-state index is 0.152. The van der Waals surface area contributed by atoms with Crippen LogP contribution in [0.25, 0.3) is 0 Å². The summed E-state index contributed by atoms with van der Waals surface area (Å²) >= 11 is 0. The molecule has 3 atom stereocenters. The topological polar surface area (TPSA) is 58.4 Å². The fourth-order valence-corrected chi connectivity index (χ4v) is 3.31. The first-order chi connectivity index (χ1) is 9.58. The van der Waals surface area contributed by atoms with Gasteiger partial charge in [-0.3, -0.25) is 9.69 Å². The molecule has 0 saturated heterocycles. The molecule has 1 fully saturated rings. The van der Waals surface area contributed by atoms with E-state index in [9.17, 15) is 4.79 Å². The summed E-state index contributed by atoms with van der Waals surface area (Å²) in [4.78, 5) is 14.3. The van der Waals surface area contributed by atoms with Crippen molar-refractivity contribution in [3.8, 4) is 0 Å². The molecule has 1 saturated carbocycles. The van der Waals surface area contributed by atoms with E-state index >= 15 is 0 Å². The summed E-state index contributed by atoms with van der Waals surface area (Å²) in [5.41, 5.74) is 5.81. The lowest BCUT2D eigenvalue weighted by atomic mass is 10.0. The van der Waals surface area contributed by atoms with Crippen LogP contribution < -0.4 is 11.1 Å². The van der Waals surface area contributed by atoms with Crippen molar-refractivity contribution in [3.05, 3.63) is 0 Å². The van der Waals surface area contributed by atoms with Gasteiger partial charge in [0.15, 0.2) is 0 Å². The maximum atomic E-state index is 12.1. The molecule has 118 valence electrons. The van der Waals surface area contributed by atoms with Gasteiger partial charge in [0.05, 0.1) is 6.54 Å². The SMILES string of the molecule is CCCCCC(C)NC(=O)CN(C)C1CCCC1CN. The van der Waals surface area contributed by atoms with E-state index in [-0.39, 0.29) is 11.9 Å². The number of amides is 1. The van der Waals surface area contributed by atoms with Crippen molar-refractivity contribution in [2.24, 2.45) is 11.7 Å². The molecule has 4 nitrogen and oxygen atoms in total.